The molecule has 0 aliphatic carbocycles. The fourth-order valence-electron chi connectivity index (χ4n) is 0.126. The van der Waals surface area contributed by atoms with Gasteiger partial charge in [-0.25, -0.2) is 6.35 Å². The van der Waals surface area contributed by atoms with Crippen LogP contribution in [-0.4, -0.2) is 8.36 Å². The lowest BCUT2D eigenvalue weighted by atomic mass is 11.6. The highest BCUT2D eigenvalue weighted by Gasteiger charge is 1.69. The average molecular weight is 308 g/mol. The molecule has 0 aromatic rings. The third-order valence-electron chi connectivity index (χ3n) is 0.274. The first-order valence-corrected chi connectivity index (χ1v) is 5.71. The number of hydrogen-bond acceptors (Lipinski definition) is 2. The number of halogens is 2. The molecule has 0 radical (unpaired) electrons. The Kier molecular flexibility index (Phi) is 2.38. The van der Waals surface area contributed by atoms with E-state index in [0.717, 1.165) is 0 Å². The molecule has 0 atom stereocenters. The van der Waals surface area contributed by atoms with Crippen LogP contribution in [0.4, 0.5) is 0 Å². The van der Waals surface area contributed by atoms with Crippen molar-refractivity contribution in [2.45, 2.75) is 0 Å². The van der Waals surface area contributed by atoms with Gasteiger partial charge in [0, 0.05) is 42.0 Å². The molecule has 6 heavy (non-hydrogen) atoms. The molecule has 0 spiro atoms. The van der Waals surface area contributed by atoms with E-state index in [0.29, 0.717) is 0 Å². The molecular formula is C2H2I2N2. The van der Waals surface area contributed by atoms with Crippen molar-refractivity contribution in [3.05, 3.63) is 0 Å². The van der Waals surface area contributed by atoms with Crippen LogP contribution in [0.5, 0.6) is 0 Å². The van der Waals surface area contributed by atoms with Gasteiger partial charge in [-0.15, -0.1) is 0 Å². The number of rotatable bonds is 0. The molecule has 0 saturated carbocycles. The normalized spacial score (nSPS) is 18.7. The molecule has 1 aliphatic heterocycles. The summed E-state index contributed by atoms with van der Waals surface area (Å²) in [7, 11) is 0. The fraction of sp³-hybridized carbons (Fsp3) is 0. The summed E-state index contributed by atoms with van der Waals surface area (Å²) in [5.41, 5.74) is 0. The third kappa shape index (κ3) is 1.50. The minimum Gasteiger partial charge on any atom is -0.221 e. The average Bonchev–Trinajstić information content (AvgIpc) is 1.72. The van der Waals surface area contributed by atoms with Gasteiger partial charge in [-0.05, 0) is 0 Å². The first-order valence-electron chi connectivity index (χ1n) is 1.29. The molecular weight excluding hydrogens is 306 g/mol. The minimum absolute atomic E-state index is 0.0200. The molecule has 4 heteroatoms. The summed E-state index contributed by atoms with van der Waals surface area (Å²) in [5.74, 6) is 0. The molecule has 0 aromatic heterocycles. The molecule has 0 amide bonds. The number of hydrogen-bond donors (Lipinski definition) is 0. The molecule has 0 bridgehead atoms. The van der Waals surface area contributed by atoms with Crippen LogP contribution >= 0.6 is 42.0 Å². The summed E-state index contributed by atoms with van der Waals surface area (Å²) in [6.45, 7) is 0. The van der Waals surface area contributed by atoms with Gasteiger partial charge in [0.25, 0.3) is 0 Å². The molecule has 2 nitrogen and oxygen atoms in total. The van der Waals surface area contributed by atoms with Crippen molar-refractivity contribution in [2.24, 2.45) is 6.35 Å². The summed E-state index contributed by atoms with van der Waals surface area (Å²) in [4.78, 5) is 0. The van der Waals surface area contributed by atoms with E-state index in [1.165, 1.54) is 0 Å². The summed E-state index contributed by atoms with van der Waals surface area (Å²) < 4.78 is 12.1. The standard InChI is InChI=1S/C2H2I2N2/c1-3-6-2-4-5-1/h1-2H. The van der Waals surface area contributed by atoms with E-state index in [4.69, 9.17) is 0 Å². The quantitative estimate of drug-likeness (QED) is 0.610. The number of nitrogens with zero attached hydrogens (tertiary/aromatic N) is 2. The van der Waals surface area contributed by atoms with Crippen molar-refractivity contribution in [1.29, 1.82) is 0 Å². The highest BCUT2D eigenvalue weighted by atomic mass is 127. The van der Waals surface area contributed by atoms with Crippen LogP contribution in [0.25, 0.3) is 0 Å². The Labute approximate surface area is 56.3 Å². The van der Waals surface area contributed by atoms with E-state index in [1.54, 1.807) is 0 Å². The minimum atomic E-state index is 0.0200. The van der Waals surface area contributed by atoms with Crippen LogP contribution in [0, 0.1) is 0 Å². The lowest BCUT2D eigenvalue weighted by molar-refractivity contribution is 2.03. The zero-order valence-corrected chi connectivity index (χ0v) is 7.12. The van der Waals surface area contributed by atoms with Crippen molar-refractivity contribution in [3.8, 4) is 0 Å². The zero-order valence-electron chi connectivity index (χ0n) is 2.81. The predicted octanol–water partition coefficient (Wildman–Crippen LogP) is 1.83. The Balaban J connectivity index is 2.77. The Morgan fingerprint density at radius 2 is 2.50 bits per heavy atom. The van der Waals surface area contributed by atoms with Crippen LogP contribution in [0.3, 0.4) is 0 Å². The van der Waals surface area contributed by atoms with Gasteiger partial charge in [-0.1, -0.05) is 0 Å². The Morgan fingerprint density at radius 1 is 1.50 bits per heavy atom. The monoisotopic (exact) mass is 308 g/mol. The second-order valence-electron chi connectivity index (χ2n) is 0.586. The highest BCUT2D eigenvalue weighted by molar-refractivity contribution is 14.2. The van der Waals surface area contributed by atoms with Crippen molar-refractivity contribution in [1.82, 2.24) is 0 Å². The smallest absolute Gasteiger partial charge is 0.0838 e. The molecule has 0 saturated heterocycles. The van der Waals surface area contributed by atoms with E-state index < -0.39 is 0 Å². The topological polar surface area (TPSA) is 24.7 Å². The van der Waals surface area contributed by atoms with Crippen LogP contribution in [-0.2, 0) is 0 Å². The fourth-order valence-corrected chi connectivity index (χ4v) is 3.74. The summed E-state index contributed by atoms with van der Waals surface area (Å²) >= 11 is 0.0400. The van der Waals surface area contributed by atoms with E-state index in [1.807, 2.05) is 8.36 Å². The van der Waals surface area contributed by atoms with Gasteiger partial charge in [0.05, 0.1) is 8.36 Å². The van der Waals surface area contributed by atoms with Gasteiger partial charge >= 0.3 is 0 Å². The molecule has 1 aliphatic rings. The Hall–Kier alpha value is 0.800. The molecule has 34 valence electrons. The molecule has 1 heterocycles. The largest absolute Gasteiger partial charge is 0.221 e. The van der Waals surface area contributed by atoms with Gasteiger partial charge < -0.3 is 0 Å². The van der Waals surface area contributed by atoms with Crippen LogP contribution in [0.1, 0.15) is 0 Å². The second kappa shape index (κ2) is 2.89. The van der Waals surface area contributed by atoms with Crippen LogP contribution in [0.2, 0.25) is 0 Å². The predicted molar refractivity (Wildman–Crippen MR) is 45.0 cm³/mol. The maximum atomic E-state index is 4.06. The maximum absolute atomic E-state index is 4.06. The third-order valence-corrected chi connectivity index (χ3v) is 4.66. The van der Waals surface area contributed by atoms with E-state index in [-0.39, 0.29) is 42.0 Å². The van der Waals surface area contributed by atoms with E-state index in [9.17, 15) is 0 Å². The zero-order chi connectivity index (χ0) is 4.24. The summed E-state index contributed by atoms with van der Waals surface area (Å²) in [6, 6.07) is 0. The summed E-state index contributed by atoms with van der Waals surface area (Å²) in [5, 5.41) is 0. The van der Waals surface area contributed by atoms with E-state index >= 15 is 0 Å². The molecule has 0 N–H and O–H groups in total. The first kappa shape index (κ1) is 4.95. The maximum Gasteiger partial charge on any atom is 0.0838 e. The highest BCUT2D eigenvalue weighted by Crippen LogP contribution is 2.07. The van der Waals surface area contributed by atoms with Crippen molar-refractivity contribution in [3.63, 3.8) is 0 Å². The molecule has 0 aromatic carbocycles. The first-order chi connectivity index (χ1) is 3.00. The van der Waals surface area contributed by atoms with Gasteiger partial charge in [0.1, 0.15) is 0 Å². The second-order valence-corrected chi connectivity index (χ2v) is 3.93. The van der Waals surface area contributed by atoms with Crippen molar-refractivity contribution >= 4 is 50.4 Å². The Bertz CT molecular complexity index is 78.9. The lowest BCUT2D eigenvalue weighted by Crippen LogP contribution is -1.53. The van der Waals surface area contributed by atoms with Gasteiger partial charge in [0.2, 0.25) is 0 Å². The van der Waals surface area contributed by atoms with E-state index in [2.05, 4.69) is 6.35 Å². The molecule has 1 rings (SSSR count). The SMILES string of the molecule is C1=NI=CN=I1. The Morgan fingerprint density at radius 3 is 2.67 bits per heavy atom. The summed E-state index contributed by atoms with van der Waals surface area (Å²) in [6.07, 6.45) is 0. The lowest BCUT2D eigenvalue weighted by Gasteiger charge is -1.74. The van der Waals surface area contributed by atoms with Gasteiger partial charge in [-0.2, -0.15) is 0 Å². The van der Waals surface area contributed by atoms with Gasteiger partial charge in [0.15, 0.2) is 0 Å². The van der Waals surface area contributed by atoms with Crippen LogP contribution in [0.15, 0.2) is 6.35 Å². The molecule has 0 fully saturated rings. The van der Waals surface area contributed by atoms with Crippen molar-refractivity contribution < 1.29 is 0 Å². The molecule has 0 unspecified atom stereocenters. The van der Waals surface area contributed by atoms with Crippen molar-refractivity contribution in [2.75, 3.05) is 0 Å². The van der Waals surface area contributed by atoms with Gasteiger partial charge in [-0.3, -0.25) is 0 Å². The van der Waals surface area contributed by atoms with Crippen LogP contribution < -0.4 is 0 Å².